The summed E-state index contributed by atoms with van der Waals surface area (Å²) in [5.74, 6) is -1.83. The number of alkyl halides is 3. The third-order valence-electron chi connectivity index (χ3n) is 2.20. The number of nitrogens with one attached hydrogen (secondary N) is 1. The van der Waals surface area contributed by atoms with Crippen LogP contribution in [0.25, 0.3) is 0 Å². The molecular formula is C11H11F4NO2. The molecule has 3 nitrogen and oxygen atoms in total. The molecule has 0 aromatic heterocycles. The number of carbonyl (C=O) groups is 1. The summed E-state index contributed by atoms with van der Waals surface area (Å²) < 4.78 is 49.2. The summed E-state index contributed by atoms with van der Waals surface area (Å²) in [6, 6.07) is 3.72. The van der Waals surface area contributed by atoms with Crippen LogP contribution in [0.3, 0.4) is 0 Å². The number of benzene rings is 1. The van der Waals surface area contributed by atoms with Gasteiger partial charge in [0.2, 0.25) is 0 Å². The van der Waals surface area contributed by atoms with Crippen LogP contribution in [-0.2, 0) is 0 Å². The van der Waals surface area contributed by atoms with E-state index in [1.165, 1.54) is 12.1 Å². The van der Waals surface area contributed by atoms with Crippen LogP contribution in [0.5, 0.6) is 0 Å². The highest BCUT2D eigenvalue weighted by Crippen LogP contribution is 2.19. The maximum absolute atomic E-state index is 13.3. The van der Waals surface area contributed by atoms with Crippen LogP contribution < -0.4 is 5.32 Å². The zero-order valence-electron chi connectivity index (χ0n) is 9.38. The number of halogens is 4. The lowest BCUT2D eigenvalue weighted by Crippen LogP contribution is -2.40. The zero-order valence-corrected chi connectivity index (χ0v) is 9.38. The summed E-state index contributed by atoms with van der Waals surface area (Å²) >= 11 is 0. The first-order valence-corrected chi connectivity index (χ1v) is 5.01. The molecule has 0 heterocycles. The molecule has 1 unspecified atom stereocenters. The number of rotatable bonds is 3. The molecule has 0 bridgehead atoms. The number of amides is 1. The van der Waals surface area contributed by atoms with Crippen molar-refractivity contribution in [3.8, 4) is 0 Å². The molecule has 1 atom stereocenters. The molecule has 0 aliphatic rings. The van der Waals surface area contributed by atoms with E-state index < -0.39 is 30.5 Å². The van der Waals surface area contributed by atoms with Gasteiger partial charge in [-0.3, -0.25) is 4.79 Å². The van der Waals surface area contributed by atoms with Crippen LogP contribution in [0.2, 0.25) is 0 Å². The minimum atomic E-state index is -4.82. The number of aliphatic hydroxyl groups is 1. The second-order valence-electron chi connectivity index (χ2n) is 3.75. The van der Waals surface area contributed by atoms with Crippen LogP contribution in [0, 0.1) is 12.7 Å². The van der Waals surface area contributed by atoms with E-state index in [2.05, 4.69) is 0 Å². The molecule has 1 aromatic carbocycles. The van der Waals surface area contributed by atoms with Crippen LogP contribution in [0.1, 0.15) is 15.9 Å². The molecular weight excluding hydrogens is 254 g/mol. The number of aryl methyl sites for hydroxylation is 1. The Morgan fingerprint density at radius 2 is 2.06 bits per heavy atom. The van der Waals surface area contributed by atoms with E-state index in [4.69, 9.17) is 5.11 Å². The van der Waals surface area contributed by atoms with Gasteiger partial charge >= 0.3 is 6.18 Å². The summed E-state index contributed by atoms with van der Waals surface area (Å²) in [6.07, 6.45) is -7.49. The SMILES string of the molecule is Cc1ccc(C(=O)NCC(O)C(F)(F)F)c(F)c1. The normalized spacial score (nSPS) is 13.2. The minimum absolute atomic E-state index is 0.366. The predicted octanol–water partition coefficient (Wildman–Crippen LogP) is 1.79. The van der Waals surface area contributed by atoms with Crippen molar-refractivity contribution < 1.29 is 27.5 Å². The third-order valence-corrected chi connectivity index (χ3v) is 2.20. The summed E-state index contributed by atoms with van der Waals surface area (Å²) in [6.45, 7) is 0.591. The van der Waals surface area contributed by atoms with Crippen LogP contribution in [0.4, 0.5) is 17.6 Å². The fourth-order valence-corrected chi connectivity index (χ4v) is 1.20. The molecule has 0 saturated carbocycles. The fraction of sp³-hybridized carbons (Fsp3) is 0.364. The molecule has 1 aromatic rings. The molecule has 2 N–H and O–H groups in total. The van der Waals surface area contributed by atoms with Gasteiger partial charge in [0.05, 0.1) is 12.1 Å². The van der Waals surface area contributed by atoms with Crippen molar-refractivity contribution in [2.75, 3.05) is 6.54 Å². The molecule has 0 radical (unpaired) electrons. The highest BCUT2D eigenvalue weighted by atomic mass is 19.4. The van der Waals surface area contributed by atoms with Gasteiger partial charge in [-0.25, -0.2) is 4.39 Å². The summed E-state index contributed by atoms with van der Waals surface area (Å²) in [4.78, 5) is 11.4. The standard InChI is InChI=1S/C11H11F4NO2/c1-6-2-3-7(8(12)4-6)10(18)16-5-9(17)11(13,14)15/h2-4,9,17H,5H2,1H3,(H,16,18). The van der Waals surface area contributed by atoms with Crippen molar-refractivity contribution in [3.63, 3.8) is 0 Å². The average Bonchev–Trinajstić information content (AvgIpc) is 2.24. The Morgan fingerprint density at radius 1 is 1.44 bits per heavy atom. The van der Waals surface area contributed by atoms with Gasteiger partial charge in [-0.05, 0) is 24.6 Å². The monoisotopic (exact) mass is 265 g/mol. The largest absolute Gasteiger partial charge is 0.416 e. The molecule has 0 spiro atoms. The van der Waals surface area contributed by atoms with Crippen molar-refractivity contribution in [3.05, 3.63) is 35.1 Å². The van der Waals surface area contributed by atoms with Crippen LogP contribution in [0.15, 0.2) is 18.2 Å². The fourth-order valence-electron chi connectivity index (χ4n) is 1.20. The first-order valence-electron chi connectivity index (χ1n) is 5.01. The second kappa shape index (κ2) is 5.34. The van der Waals surface area contributed by atoms with Gasteiger partial charge in [-0.15, -0.1) is 0 Å². The predicted molar refractivity (Wildman–Crippen MR) is 55.5 cm³/mol. The second-order valence-corrected chi connectivity index (χ2v) is 3.75. The Morgan fingerprint density at radius 3 is 2.56 bits per heavy atom. The van der Waals surface area contributed by atoms with Gasteiger partial charge in [-0.2, -0.15) is 13.2 Å². The lowest BCUT2D eigenvalue weighted by Gasteiger charge is -2.15. The molecule has 0 aliphatic heterocycles. The minimum Gasteiger partial charge on any atom is -0.382 e. The van der Waals surface area contributed by atoms with Crippen molar-refractivity contribution in [2.45, 2.75) is 19.2 Å². The number of hydrogen-bond donors (Lipinski definition) is 2. The Labute approximate surface area is 100 Å². The molecule has 1 amide bonds. The third kappa shape index (κ3) is 3.69. The number of aliphatic hydroxyl groups excluding tert-OH is 1. The van der Waals surface area contributed by atoms with Crippen molar-refractivity contribution in [2.24, 2.45) is 0 Å². The highest BCUT2D eigenvalue weighted by molar-refractivity contribution is 5.94. The summed E-state index contributed by atoms with van der Waals surface area (Å²) in [7, 11) is 0. The maximum atomic E-state index is 13.3. The van der Waals surface area contributed by atoms with Gasteiger partial charge in [0, 0.05) is 0 Å². The van der Waals surface area contributed by atoms with Gasteiger partial charge in [0.15, 0.2) is 6.10 Å². The van der Waals surface area contributed by atoms with Crippen LogP contribution >= 0.6 is 0 Å². The smallest absolute Gasteiger partial charge is 0.382 e. The van der Waals surface area contributed by atoms with E-state index in [-0.39, 0.29) is 5.56 Å². The molecule has 0 aliphatic carbocycles. The first-order chi connectivity index (χ1) is 8.21. The topological polar surface area (TPSA) is 49.3 Å². The van der Waals surface area contributed by atoms with E-state index in [0.717, 1.165) is 6.07 Å². The van der Waals surface area contributed by atoms with E-state index in [1.807, 2.05) is 5.32 Å². The maximum Gasteiger partial charge on any atom is 0.416 e. The van der Waals surface area contributed by atoms with E-state index in [1.54, 1.807) is 6.92 Å². The molecule has 1 rings (SSSR count). The van der Waals surface area contributed by atoms with Crippen molar-refractivity contribution in [1.82, 2.24) is 5.32 Å². The Balaban J connectivity index is 2.66. The number of carbonyl (C=O) groups excluding carboxylic acids is 1. The Hall–Kier alpha value is -1.63. The van der Waals surface area contributed by atoms with Crippen LogP contribution in [-0.4, -0.2) is 29.8 Å². The van der Waals surface area contributed by atoms with Crippen molar-refractivity contribution in [1.29, 1.82) is 0 Å². The molecule has 0 saturated heterocycles. The zero-order chi connectivity index (χ0) is 13.9. The molecule has 100 valence electrons. The molecule has 18 heavy (non-hydrogen) atoms. The molecule has 0 fully saturated rings. The lowest BCUT2D eigenvalue weighted by molar-refractivity contribution is -0.201. The number of hydrogen-bond acceptors (Lipinski definition) is 2. The first kappa shape index (κ1) is 14.4. The van der Waals surface area contributed by atoms with E-state index >= 15 is 0 Å². The van der Waals surface area contributed by atoms with Gasteiger partial charge < -0.3 is 10.4 Å². The van der Waals surface area contributed by atoms with Gasteiger partial charge in [0.1, 0.15) is 5.82 Å². The van der Waals surface area contributed by atoms with Gasteiger partial charge in [-0.1, -0.05) is 6.07 Å². The van der Waals surface area contributed by atoms with Crippen molar-refractivity contribution >= 4 is 5.91 Å². The van der Waals surface area contributed by atoms with E-state index in [9.17, 15) is 22.4 Å². The quantitative estimate of drug-likeness (QED) is 0.818. The average molecular weight is 265 g/mol. The summed E-state index contributed by atoms with van der Waals surface area (Å²) in [5, 5.41) is 10.5. The van der Waals surface area contributed by atoms with Gasteiger partial charge in [0.25, 0.3) is 5.91 Å². The van der Waals surface area contributed by atoms with E-state index in [0.29, 0.717) is 5.56 Å². The Kier molecular flexibility index (Phi) is 4.28. The summed E-state index contributed by atoms with van der Waals surface area (Å²) in [5.41, 5.74) is 0.217. The molecule has 7 heteroatoms. The Bertz CT molecular complexity index is 445. The highest BCUT2D eigenvalue weighted by Gasteiger charge is 2.38. The lowest BCUT2D eigenvalue weighted by atomic mass is 10.1.